The molecule has 1 saturated carbocycles. The monoisotopic (exact) mass is 538 g/mol. The van der Waals surface area contributed by atoms with Crippen molar-refractivity contribution in [3.05, 3.63) is 29.8 Å². The average Bonchev–Trinajstić information content (AvgIpc) is 3.44. The van der Waals surface area contributed by atoms with Crippen molar-refractivity contribution in [3.8, 4) is 17.1 Å². The molecule has 2 saturated heterocycles. The lowest BCUT2D eigenvalue weighted by molar-refractivity contribution is -0.188. The zero-order valence-corrected chi connectivity index (χ0v) is 21.1. The summed E-state index contributed by atoms with van der Waals surface area (Å²) in [5, 5.41) is 9.77. The summed E-state index contributed by atoms with van der Waals surface area (Å²) in [7, 11) is 2.85. The molecule has 2 N–H and O–H groups in total. The molecule has 38 heavy (non-hydrogen) atoms. The summed E-state index contributed by atoms with van der Waals surface area (Å²) in [6.45, 7) is 0.501. The molecule has 0 unspecified atom stereocenters. The van der Waals surface area contributed by atoms with Gasteiger partial charge in [0.15, 0.2) is 11.5 Å². The fourth-order valence-electron chi connectivity index (χ4n) is 5.79. The fraction of sp³-hybridized carbons (Fsp3) is 0.600. The van der Waals surface area contributed by atoms with Gasteiger partial charge in [0.1, 0.15) is 6.04 Å². The van der Waals surface area contributed by atoms with Crippen molar-refractivity contribution < 1.29 is 31.9 Å². The van der Waals surface area contributed by atoms with Crippen molar-refractivity contribution in [2.24, 2.45) is 5.92 Å². The zero-order chi connectivity index (χ0) is 27.2. The number of carbonyl (C=O) groups is 2. The van der Waals surface area contributed by atoms with Crippen molar-refractivity contribution in [1.29, 1.82) is 0 Å². The van der Waals surface area contributed by atoms with Crippen LogP contribution in [-0.2, 0) is 4.79 Å². The van der Waals surface area contributed by atoms with Crippen LogP contribution in [0, 0.1) is 11.7 Å². The summed E-state index contributed by atoms with van der Waals surface area (Å²) in [4.78, 5) is 33.2. The number of alkyl halides is 3. The van der Waals surface area contributed by atoms with Gasteiger partial charge in [-0.3, -0.25) is 19.6 Å². The number of ether oxygens (including phenoxy) is 1. The van der Waals surface area contributed by atoms with Crippen molar-refractivity contribution >= 4 is 11.8 Å². The number of likely N-dealkylation sites (tertiary alicyclic amines) is 2. The number of pyridine rings is 1. The van der Waals surface area contributed by atoms with E-state index in [-0.39, 0.29) is 60.3 Å². The van der Waals surface area contributed by atoms with Gasteiger partial charge in [0.05, 0.1) is 19.0 Å². The maximum absolute atomic E-state index is 14.3. The zero-order valence-electron chi connectivity index (χ0n) is 21.1. The number of likely N-dealkylation sites (N-methyl/N-ethyl adjacent to an activating group) is 1. The second kappa shape index (κ2) is 9.83. The highest BCUT2D eigenvalue weighted by Crippen LogP contribution is 2.50. The third-order valence-corrected chi connectivity index (χ3v) is 8.02. The van der Waals surface area contributed by atoms with E-state index < -0.39 is 23.6 Å². The van der Waals surface area contributed by atoms with Crippen LogP contribution in [-0.4, -0.2) is 87.8 Å². The summed E-state index contributed by atoms with van der Waals surface area (Å²) in [6, 6.07) is 1.08. The molecule has 0 bridgehead atoms. The number of nitrogens with zero attached hydrogens (tertiary/aromatic N) is 4. The van der Waals surface area contributed by atoms with Gasteiger partial charge >= 0.3 is 6.18 Å². The van der Waals surface area contributed by atoms with E-state index in [0.29, 0.717) is 25.1 Å². The van der Waals surface area contributed by atoms with E-state index in [1.54, 1.807) is 4.90 Å². The summed E-state index contributed by atoms with van der Waals surface area (Å²) in [6.07, 6.45) is -0.573. The Morgan fingerprint density at radius 3 is 2.63 bits per heavy atom. The Bertz CT molecular complexity index is 1210. The lowest BCUT2D eigenvalue weighted by Gasteiger charge is -2.41. The molecule has 3 fully saturated rings. The molecule has 2 aromatic rings. The van der Waals surface area contributed by atoms with Crippen molar-refractivity contribution in [1.82, 2.24) is 30.3 Å². The number of methoxy groups -OCH3 is 1. The quantitative estimate of drug-likeness (QED) is 0.567. The Kier molecular flexibility index (Phi) is 6.82. The number of halogens is 4. The molecule has 9 nitrogen and oxygen atoms in total. The summed E-state index contributed by atoms with van der Waals surface area (Å²) in [5.74, 6) is -1.15. The minimum atomic E-state index is -4.28. The fourth-order valence-corrected chi connectivity index (χ4v) is 5.79. The molecule has 2 amide bonds. The number of amides is 2. The van der Waals surface area contributed by atoms with Gasteiger partial charge in [0, 0.05) is 42.2 Å². The molecule has 2 aromatic heterocycles. The second-order valence-corrected chi connectivity index (χ2v) is 10.5. The van der Waals surface area contributed by atoms with E-state index in [9.17, 15) is 27.2 Å². The Morgan fingerprint density at radius 1 is 1.21 bits per heavy atom. The van der Waals surface area contributed by atoms with E-state index in [0.717, 1.165) is 19.0 Å². The molecule has 206 valence electrons. The van der Waals surface area contributed by atoms with E-state index in [4.69, 9.17) is 4.74 Å². The molecule has 13 heteroatoms. The van der Waals surface area contributed by atoms with Crippen LogP contribution in [0.5, 0.6) is 5.88 Å². The Balaban J connectivity index is 1.21. The van der Waals surface area contributed by atoms with Crippen molar-refractivity contribution in [2.75, 3.05) is 27.2 Å². The predicted molar refractivity (Wildman–Crippen MR) is 128 cm³/mol. The Hall–Kier alpha value is -3.22. The number of H-pyrrole nitrogens is 1. The van der Waals surface area contributed by atoms with E-state index in [1.165, 1.54) is 31.2 Å². The molecule has 4 heterocycles. The first kappa shape index (κ1) is 26.4. The first-order valence-electron chi connectivity index (χ1n) is 12.7. The van der Waals surface area contributed by atoms with Crippen molar-refractivity contribution in [3.63, 3.8) is 0 Å². The predicted octanol–water partition coefficient (Wildman–Crippen LogP) is 3.15. The molecule has 0 radical (unpaired) electrons. The smallest absolute Gasteiger partial charge is 0.404 e. The molecule has 3 atom stereocenters. The topological polar surface area (TPSA) is 103 Å². The highest BCUT2D eigenvalue weighted by molar-refractivity contribution is 5.94. The van der Waals surface area contributed by atoms with Gasteiger partial charge in [-0.2, -0.15) is 18.3 Å². The Labute approximate surface area is 216 Å². The first-order chi connectivity index (χ1) is 18.0. The number of rotatable bonds is 5. The van der Waals surface area contributed by atoms with E-state index in [2.05, 4.69) is 20.5 Å². The number of nitrogens with one attached hydrogen (secondary N) is 2. The van der Waals surface area contributed by atoms with Gasteiger partial charge < -0.3 is 15.0 Å². The summed E-state index contributed by atoms with van der Waals surface area (Å²) >= 11 is 0. The van der Waals surface area contributed by atoms with Gasteiger partial charge in [-0.05, 0) is 51.6 Å². The van der Waals surface area contributed by atoms with E-state index in [1.807, 2.05) is 0 Å². The molecule has 1 spiro atoms. The second-order valence-electron chi connectivity index (χ2n) is 10.5. The van der Waals surface area contributed by atoms with Gasteiger partial charge in [-0.1, -0.05) is 0 Å². The van der Waals surface area contributed by atoms with Gasteiger partial charge in [-0.25, -0.2) is 9.37 Å². The molecule has 5 rings (SSSR count). The lowest BCUT2D eigenvalue weighted by Crippen LogP contribution is -2.56. The van der Waals surface area contributed by atoms with Crippen LogP contribution in [0.3, 0.4) is 0 Å². The van der Waals surface area contributed by atoms with Gasteiger partial charge in [0.25, 0.3) is 5.91 Å². The van der Waals surface area contributed by atoms with Gasteiger partial charge in [0.2, 0.25) is 11.8 Å². The lowest BCUT2D eigenvalue weighted by atomic mass is 9.87. The minimum absolute atomic E-state index is 0.0519. The van der Waals surface area contributed by atoms with Crippen LogP contribution in [0.1, 0.15) is 49.0 Å². The minimum Gasteiger partial charge on any atom is -0.481 e. The number of aromatic nitrogens is 3. The highest BCUT2D eigenvalue weighted by atomic mass is 19.4. The molecule has 1 aliphatic carbocycles. The number of hydrogen-bond acceptors (Lipinski definition) is 6. The SMILES string of the molecule is COc1cc(-c2cc(C(=O)N3CC[C@H](C(=O)N[C@H]4CC[C@H](C(F)(F)F)N(C)C4)CC34CC4)n[nH]2)c(F)cn1. The molecule has 3 aliphatic rings. The summed E-state index contributed by atoms with van der Waals surface area (Å²) < 4.78 is 58.8. The number of piperidine rings is 2. The van der Waals surface area contributed by atoms with Crippen molar-refractivity contribution in [2.45, 2.75) is 62.3 Å². The van der Waals surface area contributed by atoms with E-state index >= 15 is 0 Å². The van der Waals surface area contributed by atoms with Crippen LogP contribution in [0.25, 0.3) is 11.3 Å². The van der Waals surface area contributed by atoms with Crippen LogP contribution < -0.4 is 10.1 Å². The standard InChI is InChI=1S/C25H30F4N6O3/c1-34-13-15(3-4-20(34)25(27,28)29)31-22(36)14-5-8-35(24(11-14)6-7-24)23(37)19-10-18(32-33-19)16-9-21(38-2)30-12-17(16)26/h9-10,12,14-15,20H,3-8,11,13H2,1-2H3,(H,31,36)(H,32,33)/t14-,15-,20+/m0/s1. The normalized spacial score (nSPS) is 25.3. The Morgan fingerprint density at radius 2 is 1.97 bits per heavy atom. The largest absolute Gasteiger partial charge is 0.481 e. The maximum atomic E-state index is 14.3. The summed E-state index contributed by atoms with van der Waals surface area (Å²) in [5.41, 5.74) is 0.200. The molecule has 2 aliphatic heterocycles. The van der Waals surface area contributed by atoms with Crippen LogP contribution in [0.2, 0.25) is 0 Å². The molecular weight excluding hydrogens is 508 g/mol. The molecular formula is C25H30F4N6O3. The number of carbonyl (C=O) groups excluding carboxylic acids is 2. The maximum Gasteiger partial charge on any atom is 0.404 e. The molecule has 0 aromatic carbocycles. The highest BCUT2D eigenvalue weighted by Gasteiger charge is 2.55. The third kappa shape index (κ3) is 5.07. The number of hydrogen-bond donors (Lipinski definition) is 2. The number of aromatic amines is 1. The van der Waals surface area contributed by atoms with Crippen LogP contribution in [0.4, 0.5) is 17.6 Å². The van der Waals surface area contributed by atoms with Crippen LogP contribution in [0.15, 0.2) is 18.3 Å². The average molecular weight is 539 g/mol. The first-order valence-corrected chi connectivity index (χ1v) is 12.7. The van der Waals surface area contributed by atoms with Gasteiger partial charge in [-0.15, -0.1) is 0 Å². The van der Waals surface area contributed by atoms with Crippen LogP contribution >= 0.6 is 0 Å². The third-order valence-electron chi connectivity index (χ3n) is 8.02.